The molecular weight excluding hydrogens is 414 g/mol. The molecule has 2 amide bonds. The molecule has 3 fully saturated rings. The van der Waals surface area contributed by atoms with E-state index in [4.69, 9.17) is 4.74 Å². The van der Waals surface area contributed by atoms with Crippen LogP contribution in [-0.4, -0.2) is 41.1 Å². The van der Waals surface area contributed by atoms with Gasteiger partial charge in [0.15, 0.2) is 12.4 Å². The van der Waals surface area contributed by atoms with Crippen LogP contribution in [0.4, 0.5) is 0 Å². The topological polar surface area (TPSA) is 80.8 Å². The minimum absolute atomic E-state index is 0.249. The molecule has 1 saturated heterocycles. The highest BCUT2D eigenvalue weighted by molar-refractivity contribution is 9.10. The van der Waals surface area contributed by atoms with E-state index >= 15 is 0 Å². The molecule has 1 aromatic carbocycles. The molecule has 1 heterocycles. The number of Topliss-reactive ketones (excluding diaryl/α,β-unsaturated/α-hetero) is 1. The van der Waals surface area contributed by atoms with Crippen LogP contribution in [0.25, 0.3) is 0 Å². The molecule has 1 aromatic rings. The molecule has 0 spiro atoms. The van der Waals surface area contributed by atoms with E-state index < -0.39 is 18.6 Å². The lowest BCUT2D eigenvalue weighted by Gasteiger charge is -2.22. The number of carbonyl (C=O) groups excluding carboxylic acids is 4. The maximum absolute atomic E-state index is 12.8. The first-order valence-electron chi connectivity index (χ1n) is 9.20. The SMILES string of the molecule is C[C@H](C(=O)OCC(=O)c1ccc(Br)cc1)N1C(=O)[C@H]2[C@@H]3CC[C@@H](C3)[C@@H]2C1=O. The minimum Gasteiger partial charge on any atom is -0.456 e. The largest absolute Gasteiger partial charge is 0.456 e. The lowest BCUT2D eigenvalue weighted by molar-refractivity contribution is -0.157. The van der Waals surface area contributed by atoms with Crippen molar-refractivity contribution in [2.75, 3.05) is 6.61 Å². The Morgan fingerprint density at radius 3 is 2.22 bits per heavy atom. The zero-order valence-electron chi connectivity index (χ0n) is 14.9. The second-order valence-electron chi connectivity index (χ2n) is 7.65. The van der Waals surface area contributed by atoms with Crippen molar-refractivity contribution >= 4 is 39.5 Å². The van der Waals surface area contributed by atoms with Crippen LogP contribution in [0.3, 0.4) is 0 Å². The number of amides is 2. The Kier molecular flexibility index (Phi) is 4.66. The van der Waals surface area contributed by atoms with Gasteiger partial charge in [0, 0.05) is 10.0 Å². The van der Waals surface area contributed by atoms with Gasteiger partial charge in [-0.2, -0.15) is 0 Å². The molecule has 2 aliphatic carbocycles. The summed E-state index contributed by atoms with van der Waals surface area (Å²) >= 11 is 3.29. The van der Waals surface area contributed by atoms with Crippen LogP contribution >= 0.6 is 15.9 Å². The predicted octanol–water partition coefficient (Wildman–Crippen LogP) is 2.59. The van der Waals surface area contributed by atoms with Gasteiger partial charge in [0.2, 0.25) is 11.8 Å². The van der Waals surface area contributed by atoms with Crippen molar-refractivity contribution in [3.8, 4) is 0 Å². The molecule has 4 rings (SSSR count). The maximum Gasteiger partial charge on any atom is 0.329 e. The molecule has 5 atom stereocenters. The molecule has 1 aliphatic heterocycles. The van der Waals surface area contributed by atoms with E-state index in [1.165, 1.54) is 6.92 Å². The molecule has 0 unspecified atom stereocenters. The van der Waals surface area contributed by atoms with Crippen LogP contribution in [0.5, 0.6) is 0 Å². The molecule has 0 radical (unpaired) electrons. The zero-order valence-corrected chi connectivity index (χ0v) is 16.5. The Hall–Kier alpha value is -2.02. The highest BCUT2D eigenvalue weighted by Crippen LogP contribution is 2.56. The first-order valence-corrected chi connectivity index (χ1v) is 10.00. The smallest absolute Gasteiger partial charge is 0.329 e. The number of rotatable bonds is 5. The lowest BCUT2D eigenvalue weighted by Crippen LogP contribution is -2.45. The predicted molar refractivity (Wildman–Crippen MR) is 98.6 cm³/mol. The summed E-state index contributed by atoms with van der Waals surface area (Å²) in [7, 11) is 0. The molecule has 0 N–H and O–H groups in total. The van der Waals surface area contributed by atoms with Crippen LogP contribution in [-0.2, 0) is 19.1 Å². The summed E-state index contributed by atoms with van der Waals surface area (Å²) < 4.78 is 5.95. The number of carbonyl (C=O) groups is 4. The van der Waals surface area contributed by atoms with Crippen molar-refractivity contribution in [2.45, 2.75) is 32.2 Å². The Morgan fingerprint density at radius 1 is 1.11 bits per heavy atom. The summed E-state index contributed by atoms with van der Waals surface area (Å²) in [5, 5.41) is 0. The van der Waals surface area contributed by atoms with Gasteiger partial charge in [0.25, 0.3) is 0 Å². The first kappa shape index (κ1) is 18.3. The molecule has 0 aromatic heterocycles. The summed E-state index contributed by atoms with van der Waals surface area (Å²) in [6.45, 7) is 1.07. The summed E-state index contributed by atoms with van der Waals surface area (Å²) in [4.78, 5) is 51.1. The van der Waals surface area contributed by atoms with Crippen molar-refractivity contribution in [2.24, 2.45) is 23.7 Å². The van der Waals surface area contributed by atoms with Gasteiger partial charge >= 0.3 is 5.97 Å². The number of nitrogens with zero attached hydrogens (tertiary/aromatic N) is 1. The maximum atomic E-state index is 12.8. The number of ketones is 1. The highest BCUT2D eigenvalue weighted by Gasteiger charge is 2.62. The lowest BCUT2D eigenvalue weighted by atomic mass is 9.81. The second kappa shape index (κ2) is 6.86. The van der Waals surface area contributed by atoms with Crippen molar-refractivity contribution in [1.82, 2.24) is 4.90 Å². The number of benzene rings is 1. The molecular formula is C20H20BrNO5. The van der Waals surface area contributed by atoms with Crippen molar-refractivity contribution < 1.29 is 23.9 Å². The normalized spacial score (nSPS) is 29.8. The van der Waals surface area contributed by atoms with E-state index in [1.54, 1.807) is 24.3 Å². The van der Waals surface area contributed by atoms with E-state index in [1.807, 2.05) is 0 Å². The molecule has 7 heteroatoms. The molecule has 2 bridgehead atoms. The van der Waals surface area contributed by atoms with Crippen LogP contribution in [0.2, 0.25) is 0 Å². The number of halogens is 1. The third-order valence-corrected chi connectivity index (χ3v) is 6.73. The average molecular weight is 434 g/mol. The highest BCUT2D eigenvalue weighted by atomic mass is 79.9. The summed E-state index contributed by atoms with van der Waals surface area (Å²) in [5.74, 6) is -1.56. The number of hydrogen-bond acceptors (Lipinski definition) is 5. The fourth-order valence-corrected chi connectivity index (χ4v) is 5.16. The number of ether oxygens (including phenoxy) is 1. The van der Waals surface area contributed by atoms with Gasteiger partial charge in [-0.3, -0.25) is 19.3 Å². The van der Waals surface area contributed by atoms with Gasteiger partial charge in [-0.15, -0.1) is 0 Å². The first-order chi connectivity index (χ1) is 12.9. The monoisotopic (exact) mass is 433 g/mol. The van der Waals surface area contributed by atoms with E-state index in [-0.39, 0.29) is 41.3 Å². The van der Waals surface area contributed by atoms with Crippen LogP contribution in [0, 0.1) is 23.7 Å². The molecule has 142 valence electrons. The summed E-state index contributed by atoms with van der Waals surface area (Å²) in [6.07, 6.45) is 2.92. The third-order valence-electron chi connectivity index (χ3n) is 6.20. The Balaban J connectivity index is 1.39. The number of fused-ring (bicyclic) bond motifs is 5. The Bertz CT molecular complexity index is 792. The molecule has 2 saturated carbocycles. The Morgan fingerprint density at radius 2 is 1.67 bits per heavy atom. The molecule has 6 nitrogen and oxygen atoms in total. The average Bonchev–Trinajstić information content (AvgIpc) is 3.33. The van der Waals surface area contributed by atoms with Crippen molar-refractivity contribution in [3.63, 3.8) is 0 Å². The van der Waals surface area contributed by atoms with Gasteiger partial charge in [-0.1, -0.05) is 28.1 Å². The standard InChI is InChI=1S/C20H20BrNO5/c1-10(20(26)27-9-15(23)11-4-6-14(21)7-5-11)22-18(24)16-12-2-3-13(8-12)17(16)19(22)25/h4-7,10,12-13,16-17H,2-3,8-9H2,1H3/t10-,12-,13+,16+,17+/m1/s1. The van der Waals surface area contributed by atoms with E-state index in [2.05, 4.69) is 15.9 Å². The van der Waals surface area contributed by atoms with Gasteiger partial charge in [-0.05, 0) is 50.2 Å². The summed E-state index contributed by atoms with van der Waals surface area (Å²) in [5.41, 5.74) is 0.429. The fourth-order valence-electron chi connectivity index (χ4n) is 4.90. The van der Waals surface area contributed by atoms with Crippen LogP contribution in [0.15, 0.2) is 28.7 Å². The number of hydrogen-bond donors (Lipinski definition) is 0. The van der Waals surface area contributed by atoms with Gasteiger partial charge < -0.3 is 4.74 Å². The van der Waals surface area contributed by atoms with Crippen molar-refractivity contribution in [1.29, 1.82) is 0 Å². The number of likely N-dealkylation sites (tertiary alicyclic amines) is 1. The van der Waals surface area contributed by atoms with E-state index in [0.29, 0.717) is 5.56 Å². The van der Waals surface area contributed by atoms with Gasteiger partial charge in [0.05, 0.1) is 11.8 Å². The number of esters is 1. The minimum atomic E-state index is -1.01. The van der Waals surface area contributed by atoms with Gasteiger partial charge in [0.1, 0.15) is 6.04 Å². The quantitative estimate of drug-likeness (QED) is 0.404. The van der Waals surface area contributed by atoms with E-state index in [0.717, 1.165) is 28.6 Å². The second-order valence-corrected chi connectivity index (χ2v) is 8.56. The zero-order chi connectivity index (χ0) is 19.3. The third kappa shape index (κ3) is 3.02. The fraction of sp³-hybridized carbons (Fsp3) is 0.500. The van der Waals surface area contributed by atoms with Crippen molar-refractivity contribution in [3.05, 3.63) is 34.3 Å². The molecule has 3 aliphatic rings. The molecule has 27 heavy (non-hydrogen) atoms. The van der Waals surface area contributed by atoms with E-state index in [9.17, 15) is 19.2 Å². The Labute approximate surface area is 165 Å². The van der Waals surface area contributed by atoms with Crippen LogP contribution < -0.4 is 0 Å². The summed E-state index contributed by atoms with van der Waals surface area (Å²) in [6, 6.07) is 5.72. The van der Waals surface area contributed by atoms with Gasteiger partial charge in [-0.25, -0.2) is 4.79 Å². The van der Waals surface area contributed by atoms with Crippen LogP contribution in [0.1, 0.15) is 36.5 Å². The number of imide groups is 1.